The first kappa shape index (κ1) is 82.5. The third kappa shape index (κ3) is 29.8. The molecule has 2 N–H and O–H groups in total. The third-order valence-electron chi connectivity index (χ3n) is 17.1. The highest BCUT2D eigenvalue weighted by Gasteiger charge is 2.22. The summed E-state index contributed by atoms with van der Waals surface area (Å²) in [4.78, 5) is 61.0. The van der Waals surface area contributed by atoms with E-state index in [1.54, 1.807) is 28.9 Å². The lowest BCUT2D eigenvalue weighted by molar-refractivity contribution is -0.385. The molecule has 1 atom stereocenters. The molecule has 0 spiro atoms. The smallest absolute Gasteiger partial charge is 0.336 e. The van der Waals surface area contributed by atoms with Crippen LogP contribution in [0.4, 0.5) is 34.1 Å². The van der Waals surface area contributed by atoms with E-state index in [1.165, 1.54) is 130 Å². The van der Waals surface area contributed by atoms with Gasteiger partial charge < -0.3 is 33.8 Å². The Labute approximate surface area is 633 Å². The van der Waals surface area contributed by atoms with Crippen molar-refractivity contribution < 1.29 is 20.1 Å². The molecule has 2 aromatic heterocycles. The fourth-order valence-electron chi connectivity index (χ4n) is 11.7. The van der Waals surface area contributed by atoms with Gasteiger partial charge in [-0.3, -0.25) is 34.9 Å². The molecule has 6 aromatic carbocycles. The first-order chi connectivity index (χ1) is 48.6. The molecule has 4 aliphatic rings. The number of nitrogens with zero attached hydrogens (tertiary/aromatic N) is 9. The lowest BCUT2D eigenvalue weighted by Gasteiger charge is -2.36. The van der Waals surface area contributed by atoms with Crippen LogP contribution in [0.5, 0.6) is 0 Å². The van der Waals surface area contributed by atoms with Gasteiger partial charge in [0.1, 0.15) is 16.1 Å². The van der Waals surface area contributed by atoms with Crippen LogP contribution < -0.4 is 39.5 Å². The van der Waals surface area contributed by atoms with E-state index < -0.39 is 16.2 Å². The number of rotatable bonds is 21. The minimum Gasteiger partial charge on any atom is -0.423 e. The third-order valence-corrected chi connectivity index (χ3v) is 18.7. The lowest BCUT2D eigenvalue weighted by Crippen LogP contribution is -2.46. The SMILES string of the molecule is C=CCCN1CCN(c2ccccc2)CC1.C=CCC[B]Br.CCCCCN1CCN(c2ccccc2)CC1.O=c1ccc2c(CCCCN3CCN(c4ccccc4)CC3)c([N+](=O)[O-])ccc2o1.O=c1ccc2c(I)c([N+](=O)[O-])ccc2o1.[2H]N(P)I.[B].c1ccc(N2CCNCC2)cc1. The van der Waals surface area contributed by atoms with Crippen molar-refractivity contribution in [3.63, 3.8) is 0 Å². The van der Waals surface area contributed by atoms with Crippen molar-refractivity contribution in [1.82, 2.24) is 23.3 Å². The molecule has 4 fully saturated rings. The van der Waals surface area contributed by atoms with Crippen molar-refractivity contribution in [2.75, 3.05) is 144 Å². The average molecular weight is 1670 g/mol. The maximum atomic E-state index is 11.5. The van der Waals surface area contributed by atoms with Crippen LogP contribution in [-0.2, 0) is 6.42 Å². The van der Waals surface area contributed by atoms with Crippen LogP contribution in [0.1, 0.15) is 57.4 Å². The van der Waals surface area contributed by atoms with Crippen LogP contribution in [0.3, 0.4) is 0 Å². The first-order valence-electron chi connectivity index (χ1n) is 34.5. The summed E-state index contributed by atoms with van der Waals surface area (Å²) in [5.74, 6) is 0. The second-order valence-corrected chi connectivity index (χ2v) is 27.3. The van der Waals surface area contributed by atoms with Gasteiger partial charge in [-0.2, -0.15) is 15.8 Å². The summed E-state index contributed by atoms with van der Waals surface area (Å²) in [6.45, 7) is 31.0. The Hall–Kier alpha value is -6.48. The van der Waals surface area contributed by atoms with E-state index in [1.807, 2.05) is 46.9 Å². The quantitative estimate of drug-likeness (QED) is 0.00793. The topological polar surface area (TPSA) is 193 Å². The van der Waals surface area contributed by atoms with Crippen molar-refractivity contribution >= 4 is 141 Å². The summed E-state index contributed by atoms with van der Waals surface area (Å²) in [5, 5.41) is 26.7. The standard InChI is InChI=1S/C23H25N3O4.C15H24N2.C14H20N2.C10H14N2.C9H4INO4.C4H7BBr.B.H3INP/c27-23-12-9-20-19(21(26(28)29)10-11-22(20)30-23)8-4-5-13-24-14-16-25(17-15-24)18-6-2-1-3-7-18;1-2-3-7-10-16-11-13-17(14-12-16)15-8-5-4-6-9-15;1-2-3-9-15-10-12-16(13-11-15)14-7-5-4-6-8-14;1-2-4-10(5-3-1)12-8-6-11-7-9-12;10-9-5-1-4-8(12)15-7(5)3-2-6(9)11(13)14;1-2-3-4-5-6;;1-2-3/h1-3,6-7,9-12H,4-5,8,13-17H2;4-6,8-9H,2-3,7,10-14H2,1H3;2,4-8H,1,3,9-13H2;1-5,11H,6-9H2;1-4H;2H,1,3-4H2;;2H,3H2/i/hD. The molecule has 1 unspecified atom stereocenters. The van der Waals surface area contributed by atoms with Crippen molar-refractivity contribution in [2.24, 2.45) is 0 Å². The van der Waals surface area contributed by atoms with E-state index in [9.17, 15) is 29.8 Å². The summed E-state index contributed by atoms with van der Waals surface area (Å²) >= 11 is 6.85. The summed E-state index contributed by atoms with van der Waals surface area (Å²) in [5.41, 5.74) is 5.94. The van der Waals surface area contributed by atoms with Crippen molar-refractivity contribution in [3.8, 4) is 0 Å². The number of hydrogen-bond donors (Lipinski definition) is 2. The zero-order valence-corrected chi connectivity index (χ0v) is 64.7. The molecule has 4 radical (unpaired) electrons. The number of fused-ring (bicyclic) bond motifs is 2. The molecule has 0 bridgehead atoms. The monoisotopic (exact) mass is 1670 g/mol. The van der Waals surface area contributed by atoms with E-state index in [-0.39, 0.29) is 24.7 Å². The highest BCUT2D eigenvalue weighted by atomic mass is 127. The van der Waals surface area contributed by atoms with Crippen molar-refractivity contribution in [1.29, 1.82) is 0 Å². The summed E-state index contributed by atoms with van der Waals surface area (Å²) < 4.78 is 18.1. The molecular weight excluding hydrogens is 1570 g/mol. The Morgan fingerprint density at radius 1 is 0.550 bits per heavy atom. The maximum absolute atomic E-state index is 11.5. The van der Waals surface area contributed by atoms with Gasteiger partial charge in [0.05, 0.1) is 9.85 Å². The molecule has 25 heteroatoms. The molecule has 0 saturated carbocycles. The van der Waals surface area contributed by atoms with Crippen molar-refractivity contribution in [2.45, 2.75) is 64.6 Å². The van der Waals surface area contributed by atoms with Gasteiger partial charge in [-0.15, -0.1) is 13.2 Å². The molecule has 0 aliphatic carbocycles. The zero-order valence-electron chi connectivity index (χ0n) is 58.6. The summed E-state index contributed by atoms with van der Waals surface area (Å²) in [6.07, 6.45) is 15.6. The Morgan fingerprint density at radius 3 is 1.30 bits per heavy atom. The molecule has 532 valence electrons. The van der Waals surface area contributed by atoms with Gasteiger partial charge in [0.25, 0.3) is 11.4 Å². The molecule has 12 rings (SSSR count). The number of nitrogens with one attached hydrogen (secondary N) is 2. The van der Waals surface area contributed by atoms with Gasteiger partial charge in [0, 0.05) is 206 Å². The fourth-order valence-corrected chi connectivity index (χ4v) is 12.8. The molecule has 0 amide bonds. The molecule has 8 aromatic rings. The van der Waals surface area contributed by atoms with Gasteiger partial charge in [-0.1, -0.05) is 120 Å². The van der Waals surface area contributed by atoms with E-state index in [0.717, 1.165) is 114 Å². The van der Waals surface area contributed by atoms with Gasteiger partial charge in [0.15, 0.2) is 0 Å². The number of anilines is 4. The van der Waals surface area contributed by atoms with Crippen molar-refractivity contribution in [3.05, 3.63) is 245 Å². The number of benzene rings is 6. The van der Waals surface area contributed by atoms with Crippen LogP contribution in [0.25, 0.3) is 21.9 Å². The fraction of sp³-hybridized carbons (Fsp3) is 0.387. The number of aryl methyl sites for hydroxylation is 1. The second-order valence-electron chi connectivity index (χ2n) is 23.7. The largest absolute Gasteiger partial charge is 0.423 e. The predicted octanol–water partition coefficient (Wildman–Crippen LogP) is 15.0. The Morgan fingerprint density at radius 2 is 0.920 bits per heavy atom. The summed E-state index contributed by atoms with van der Waals surface area (Å²) in [7, 11) is 2.14. The molecule has 100 heavy (non-hydrogen) atoms. The van der Waals surface area contributed by atoms with Gasteiger partial charge in [0.2, 0.25) is 6.10 Å². The lowest BCUT2D eigenvalue weighted by atomic mass is 10.0. The van der Waals surface area contributed by atoms with Crippen LogP contribution in [0, 0.1) is 23.8 Å². The minimum atomic E-state index is -0.466. The first-order valence-corrected chi connectivity index (χ1v) is 37.6. The molecule has 19 nitrogen and oxygen atoms in total. The van der Waals surface area contributed by atoms with E-state index in [2.05, 4.69) is 200 Å². The number of halogens is 3. The molecule has 4 aliphatic heterocycles. The molecular formula is C75H97B2BrI2N11O8P. The zero-order chi connectivity index (χ0) is 71.7. The Bertz CT molecular complexity index is 3760. The van der Waals surface area contributed by atoms with E-state index in [4.69, 9.17) is 10.2 Å². The number of para-hydroxylation sites is 4. The maximum Gasteiger partial charge on any atom is 0.336 e. The van der Waals surface area contributed by atoms with Crippen LogP contribution in [-0.4, -0.2) is 163 Å². The predicted molar refractivity (Wildman–Crippen MR) is 442 cm³/mol. The van der Waals surface area contributed by atoms with Gasteiger partial charge in [-0.05, 0) is 147 Å². The van der Waals surface area contributed by atoms with E-state index >= 15 is 0 Å². The highest BCUT2D eigenvalue weighted by Crippen LogP contribution is 2.30. The number of nitro benzene ring substituents is 2. The second kappa shape index (κ2) is 49.2. The Balaban J connectivity index is 0.000000227. The average Bonchev–Trinajstić information content (AvgIpc) is 0.801. The van der Waals surface area contributed by atoms with Gasteiger partial charge >= 0.3 is 11.3 Å². The van der Waals surface area contributed by atoms with Crippen LogP contribution >= 0.6 is 70.6 Å². The number of piperazine rings is 4. The summed E-state index contributed by atoms with van der Waals surface area (Å²) in [6, 6.07) is 53.9. The normalized spacial score (nSPS) is 14.7. The molecule has 6 heterocycles. The molecule has 4 saturated heterocycles. The van der Waals surface area contributed by atoms with Crippen LogP contribution in [0.15, 0.2) is 214 Å². The Kier molecular flexibility index (Phi) is 40.6. The van der Waals surface area contributed by atoms with Gasteiger partial charge in [-0.25, -0.2) is 12.9 Å². The number of allylic oxidation sites excluding steroid dienone is 1. The minimum absolute atomic E-state index is 0. The van der Waals surface area contributed by atoms with Crippen LogP contribution in [0.2, 0.25) is 7.73 Å². The van der Waals surface area contributed by atoms with E-state index in [0.29, 0.717) is 37.5 Å². The highest BCUT2D eigenvalue weighted by molar-refractivity contribution is 14.1. The number of hydrogen-bond acceptors (Lipinski definition) is 17. The number of nitro groups is 2. The number of unbranched alkanes of at least 4 members (excludes halogenated alkanes) is 3.